The number of hydrogen-bond donors (Lipinski definition) is 1. The van der Waals surface area contributed by atoms with Crippen LogP contribution in [0.15, 0.2) is 35.7 Å². The van der Waals surface area contributed by atoms with Crippen molar-refractivity contribution >= 4 is 28.8 Å². The van der Waals surface area contributed by atoms with Gasteiger partial charge in [0, 0.05) is 17.1 Å². The predicted molar refractivity (Wildman–Crippen MR) is 113 cm³/mol. The standard InChI is InChI=1S/C23H26ClNO2S/c24-19-2-1-3-20(8-19)27-12-18-7-21(28-13-18)22(26)25-14-23-9-15-4-16(10-23)6-17(5-15)11-23/h1-3,7-8,13,15-17H,4-6,9-12,14H2,(H,25,26). The summed E-state index contributed by atoms with van der Waals surface area (Å²) in [6, 6.07) is 9.33. The van der Waals surface area contributed by atoms with Crippen LogP contribution in [0.1, 0.15) is 53.8 Å². The zero-order valence-electron chi connectivity index (χ0n) is 16.0. The van der Waals surface area contributed by atoms with E-state index in [1.807, 2.05) is 29.6 Å². The number of carbonyl (C=O) groups excluding carboxylic acids is 1. The molecule has 1 amide bonds. The molecular weight excluding hydrogens is 390 g/mol. The Morgan fingerprint density at radius 1 is 1.14 bits per heavy atom. The minimum atomic E-state index is 0.0646. The maximum absolute atomic E-state index is 12.7. The van der Waals surface area contributed by atoms with Crippen LogP contribution in [-0.2, 0) is 6.61 Å². The third-order valence-electron chi connectivity index (χ3n) is 6.87. The minimum Gasteiger partial charge on any atom is -0.489 e. The van der Waals surface area contributed by atoms with Crippen molar-refractivity contribution in [1.29, 1.82) is 0 Å². The first-order valence-electron chi connectivity index (χ1n) is 10.3. The van der Waals surface area contributed by atoms with Gasteiger partial charge in [-0.3, -0.25) is 4.79 Å². The van der Waals surface area contributed by atoms with Crippen molar-refractivity contribution in [3.63, 3.8) is 0 Å². The molecule has 0 atom stereocenters. The molecule has 1 heterocycles. The van der Waals surface area contributed by atoms with E-state index in [0.717, 1.165) is 40.5 Å². The van der Waals surface area contributed by atoms with E-state index < -0.39 is 0 Å². The number of thiophene rings is 1. The lowest BCUT2D eigenvalue weighted by Gasteiger charge is -2.56. The zero-order valence-corrected chi connectivity index (χ0v) is 17.5. The molecule has 4 bridgehead atoms. The quantitative estimate of drug-likeness (QED) is 0.635. The molecule has 0 radical (unpaired) electrons. The number of hydrogen-bond acceptors (Lipinski definition) is 3. The number of halogens is 1. The van der Waals surface area contributed by atoms with Crippen LogP contribution in [0.3, 0.4) is 0 Å². The summed E-state index contributed by atoms with van der Waals surface area (Å²) in [5.74, 6) is 3.56. The topological polar surface area (TPSA) is 38.3 Å². The molecule has 2 aromatic rings. The zero-order chi connectivity index (χ0) is 19.1. The largest absolute Gasteiger partial charge is 0.489 e. The maximum Gasteiger partial charge on any atom is 0.261 e. The van der Waals surface area contributed by atoms with Crippen LogP contribution in [-0.4, -0.2) is 12.5 Å². The molecule has 4 saturated carbocycles. The first-order chi connectivity index (χ1) is 13.6. The number of rotatable bonds is 6. The van der Waals surface area contributed by atoms with Gasteiger partial charge in [-0.05, 0) is 91.3 Å². The highest BCUT2D eigenvalue weighted by atomic mass is 35.5. The number of amides is 1. The number of ether oxygens (including phenoxy) is 1. The molecule has 5 heteroatoms. The normalized spacial score (nSPS) is 30.4. The lowest BCUT2D eigenvalue weighted by Crippen LogP contribution is -2.51. The second-order valence-corrected chi connectivity index (χ2v) is 10.5. The third-order valence-corrected chi connectivity index (χ3v) is 8.08. The maximum atomic E-state index is 12.7. The Labute approximate surface area is 175 Å². The Morgan fingerprint density at radius 3 is 2.54 bits per heavy atom. The second-order valence-electron chi connectivity index (χ2n) is 9.17. The third kappa shape index (κ3) is 3.81. The molecule has 3 nitrogen and oxygen atoms in total. The molecule has 148 valence electrons. The van der Waals surface area contributed by atoms with Crippen LogP contribution in [0.2, 0.25) is 5.02 Å². The summed E-state index contributed by atoms with van der Waals surface area (Å²) in [4.78, 5) is 13.5. The van der Waals surface area contributed by atoms with Gasteiger partial charge in [0.2, 0.25) is 0 Å². The second kappa shape index (κ2) is 7.38. The van der Waals surface area contributed by atoms with E-state index in [9.17, 15) is 4.79 Å². The number of nitrogens with one attached hydrogen (secondary N) is 1. The lowest BCUT2D eigenvalue weighted by atomic mass is 9.49. The average Bonchev–Trinajstić information content (AvgIpc) is 3.13. The number of benzene rings is 1. The molecule has 6 rings (SSSR count). The van der Waals surface area contributed by atoms with Crippen molar-refractivity contribution in [3.8, 4) is 5.75 Å². The summed E-state index contributed by atoms with van der Waals surface area (Å²) in [5, 5.41) is 5.93. The summed E-state index contributed by atoms with van der Waals surface area (Å²) in [7, 11) is 0. The monoisotopic (exact) mass is 415 g/mol. The molecular formula is C23H26ClNO2S. The van der Waals surface area contributed by atoms with Gasteiger partial charge in [-0.1, -0.05) is 17.7 Å². The van der Waals surface area contributed by atoms with E-state index in [0.29, 0.717) is 17.0 Å². The van der Waals surface area contributed by atoms with Gasteiger partial charge >= 0.3 is 0 Å². The van der Waals surface area contributed by atoms with Crippen LogP contribution < -0.4 is 10.1 Å². The van der Waals surface area contributed by atoms with Crippen molar-refractivity contribution in [2.75, 3.05) is 6.54 Å². The lowest BCUT2D eigenvalue weighted by molar-refractivity contribution is -0.0503. The van der Waals surface area contributed by atoms with Crippen molar-refractivity contribution in [2.24, 2.45) is 23.2 Å². The van der Waals surface area contributed by atoms with Crippen molar-refractivity contribution < 1.29 is 9.53 Å². The van der Waals surface area contributed by atoms with Gasteiger partial charge in [0.1, 0.15) is 12.4 Å². The molecule has 0 spiro atoms. The van der Waals surface area contributed by atoms with E-state index in [4.69, 9.17) is 16.3 Å². The van der Waals surface area contributed by atoms with Gasteiger partial charge in [-0.2, -0.15) is 0 Å². The van der Waals surface area contributed by atoms with Crippen LogP contribution in [0.5, 0.6) is 5.75 Å². The smallest absolute Gasteiger partial charge is 0.261 e. The van der Waals surface area contributed by atoms with Gasteiger partial charge in [0.15, 0.2) is 0 Å². The van der Waals surface area contributed by atoms with Crippen LogP contribution in [0.4, 0.5) is 0 Å². The molecule has 28 heavy (non-hydrogen) atoms. The Hall–Kier alpha value is -1.52. The van der Waals surface area contributed by atoms with E-state index in [2.05, 4.69) is 5.32 Å². The Kier molecular flexibility index (Phi) is 4.88. The van der Waals surface area contributed by atoms with Crippen LogP contribution >= 0.6 is 22.9 Å². The van der Waals surface area contributed by atoms with E-state index in [1.165, 1.54) is 49.9 Å². The molecule has 4 aliphatic carbocycles. The summed E-state index contributed by atoms with van der Waals surface area (Å²) in [5.41, 5.74) is 1.39. The molecule has 0 unspecified atom stereocenters. The van der Waals surface area contributed by atoms with E-state index >= 15 is 0 Å². The number of carbonyl (C=O) groups is 1. The van der Waals surface area contributed by atoms with Crippen LogP contribution in [0, 0.1) is 23.2 Å². The van der Waals surface area contributed by atoms with Gasteiger partial charge in [-0.15, -0.1) is 11.3 Å². The molecule has 1 N–H and O–H groups in total. The first-order valence-corrected chi connectivity index (χ1v) is 11.6. The van der Waals surface area contributed by atoms with Gasteiger partial charge < -0.3 is 10.1 Å². The molecule has 4 fully saturated rings. The van der Waals surface area contributed by atoms with E-state index in [1.54, 1.807) is 6.07 Å². The SMILES string of the molecule is O=C(NCC12CC3CC(CC(C3)C1)C2)c1cc(COc2cccc(Cl)c2)cs1. The molecule has 0 aliphatic heterocycles. The molecule has 0 saturated heterocycles. The Bertz CT molecular complexity index is 842. The molecule has 1 aromatic carbocycles. The fourth-order valence-corrected chi connectivity index (χ4v) is 7.15. The summed E-state index contributed by atoms with van der Waals surface area (Å²) >= 11 is 7.48. The van der Waals surface area contributed by atoms with Crippen molar-refractivity contribution in [2.45, 2.75) is 45.1 Å². The highest BCUT2D eigenvalue weighted by Crippen LogP contribution is 2.59. The highest BCUT2D eigenvalue weighted by molar-refractivity contribution is 7.12. The van der Waals surface area contributed by atoms with Gasteiger partial charge in [-0.25, -0.2) is 0 Å². The molecule has 1 aromatic heterocycles. The highest BCUT2D eigenvalue weighted by Gasteiger charge is 2.50. The minimum absolute atomic E-state index is 0.0646. The summed E-state index contributed by atoms with van der Waals surface area (Å²) in [6.45, 7) is 1.29. The van der Waals surface area contributed by atoms with Gasteiger partial charge in [0.25, 0.3) is 5.91 Å². The fraction of sp³-hybridized carbons (Fsp3) is 0.522. The average molecular weight is 416 g/mol. The van der Waals surface area contributed by atoms with Crippen molar-refractivity contribution in [3.05, 3.63) is 51.2 Å². The Balaban J connectivity index is 1.16. The fourth-order valence-electron chi connectivity index (χ4n) is 6.16. The van der Waals surface area contributed by atoms with Crippen molar-refractivity contribution in [1.82, 2.24) is 5.32 Å². The predicted octanol–water partition coefficient (Wildman–Crippen LogP) is 5.93. The molecule has 4 aliphatic rings. The summed E-state index contributed by atoms with van der Waals surface area (Å²) < 4.78 is 5.78. The summed E-state index contributed by atoms with van der Waals surface area (Å²) in [6.07, 6.45) is 8.28. The Morgan fingerprint density at radius 2 is 1.86 bits per heavy atom. The van der Waals surface area contributed by atoms with E-state index in [-0.39, 0.29) is 5.91 Å². The van der Waals surface area contributed by atoms with Crippen LogP contribution in [0.25, 0.3) is 0 Å². The first kappa shape index (κ1) is 18.5. The van der Waals surface area contributed by atoms with Gasteiger partial charge in [0.05, 0.1) is 4.88 Å².